The van der Waals surface area contributed by atoms with Crippen LogP contribution in [-0.4, -0.2) is 15.7 Å². The number of rotatable bonds is 6. The monoisotopic (exact) mass is 320 g/mol. The van der Waals surface area contributed by atoms with Crippen molar-refractivity contribution < 1.29 is 0 Å². The summed E-state index contributed by atoms with van der Waals surface area (Å²) < 4.78 is 0. The molecule has 0 spiro atoms. The predicted octanol–water partition coefficient (Wildman–Crippen LogP) is 3.03. The summed E-state index contributed by atoms with van der Waals surface area (Å²) >= 11 is 0. The maximum absolute atomic E-state index is 2.29. The van der Waals surface area contributed by atoms with Gasteiger partial charge in [-0.3, -0.25) is 0 Å². The molecule has 0 aliphatic carbocycles. The zero-order valence-electron chi connectivity index (χ0n) is 12.7. The maximum Gasteiger partial charge on any atom is 0.0551 e. The zero-order chi connectivity index (χ0) is 15.0. The van der Waals surface area contributed by atoms with E-state index in [-0.39, 0.29) is 17.4 Å². The number of hydrogen-bond donors (Lipinski definition) is 0. The smallest absolute Gasteiger partial charge is 0.0551 e. The van der Waals surface area contributed by atoms with E-state index >= 15 is 0 Å². The van der Waals surface area contributed by atoms with Crippen molar-refractivity contribution in [1.29, 1.82) is 0 Å². The lowest BCUT2D eigenvalue weighted by molar-refractivity contribution is 1.47. The molecule has 0 heterocycles. The van der Waals surface area contributed by atoms with E-state index in [1.54, 1.807) is 5.19 Å². The first-order valence-corrected chi connectivity index (χ1v) is 11.1. The molecule has 0 radical (unpaired) electrons. The van der Waals surface area contributed by atoms with Gasteiger partial charge in [0.15, 0.2) is 0 Å². The summed E-state index contributed by atoms with van der Waals surface area (Å²) in [7, 11) is -0.360. The highest BCUT2D eigenvalue weighted by molar-refractivity contribution is 7.73. The Bertz CT molecular complexity index is 628. The fraction of sp³-hybridized carbons (Fsp3) is 0.100. The van der Waals surface area contributed by atoms with Crippen LogP contribution in [0.1, 0.15) is 0 Å². The fourth-order valence-electron chi connectivity index (χ4n) is 2.71. The first kappa shape index (κ1) is 15.2. The summed E-state index contributed by atoms with van der Waals surface area (Å²) in [5.41, 5.74) is 0. The van der Waals surface area contributed by atoms with Gasteiger partial charge in [0, 0.05) is 0 Å². The van der Waals surface area contributed by atoms with Crippen molar-refractivity contribution in [2.45, 2.75) is 6.04 Å². The predicted molar refractivity (Wildman–Crippen MR) is 103 cm³/mol. The van der Waals surface area contributed by atoms with Crippen LogP contribution >= 0.6 is 7.92 Å². The van der Waals surface area contributed by atoms with Gasteiger partial charge in [-0.05, 0) is 24.7 Å². The zero-order valence-corrected chi connectivity index (χ0v) is 15.0. The Kier molecular flexibility index (Phi) is 5.58. The molecule has 0 nitrogen and oxygen atoms in total. The van der Waals surface area contributed by atoms with E-state index < -0.39 is 0 Å². The lowest BCUT2D eigenvalue weighted by Gasteiger charge is -2.18. The summed E-state index contributed by atoms with van der Waals surface area (Å²) in [4.78, 5) is 0. The van der Waals surface area contributed by atoms with Gasteiger partial charge in [-0.25, -0.2) is 0 Å². The largest absolute Gasteiger partial charge is 0.0669 e. The third kappa shape index (κ3) is 4.16. The molecule has 0 saturated heterocycles. The van der Waals surface area contributed by atoms with Crippen molar-refractivity contribution in [2.24, 2.45) is 0 Å². The van der Waals surface area contributed by atoms with E-state index in [9.17, 15) is 0 Å². The van der Waals surface area contributed by atoms with Crippen LogP contribution in [0.5, 0.6) is 0 Å². The van der Waals surface area contributed by atoms with Crippen LogP contribution in [0, 0.1) is 0 Å². The molecule has 0 aromatic heterocycles. The highest BCUT2D eigenvalue weighted by atomic mass is 31.1. The minimum absolute atomic E-state index is 0.148. The SMILES string of the molecule is c1ccc([SiH2]CCP(c2ccccc2)c2ccccc2)cc1. The van der Waals surface area contributed by atoms with Crippen LogP contribution in [0.4, 0.5) is 0 Å². The number of benzene rings is 3. The Labute approximate surface area is 136 Å². The van der Waals surface area contributed by atoms with Gasteiger partial charge in [-0.2, -0.15) is 0 Å². The molecule has 110 valence electrons. The van der Waals surface area contributed by atoms with E-state index in [0.717, 1.165) is 0 Å². The molecule has 3 rings (SSSR count). The second-order valence-electron chi connectivity index (χ2n) is 5.41. The average molecular weight is 320 g/mol. The van der Waals surface area contributed by atoms with E-state index in [1.807, 2.05) is 0 Å². The van der Waals surface area contributed by atoms with Crippen LogP contribution < -0.4 is 15.8 Å². The number of hydrogen-bond acceptors (Lipinski definition) is 0. The lowest BCUT2D eigenvalue weighted by atomic mass is 10.4. The summed E-state index contributed by atoms with van der Waals surface area (Å²) in [6.07, 6.45) is 1.31. The van der Waals surface area contributed by atoms with E-state index in [4.69, 9.17) is 0 Å². The van der Waals surface area contributed by atoms with Crippen LogP contribution in [0.2, 0.25) is 6.04 Å². The lowest BCUT2D eigenvalue weighted by Crippen LogP contribution is -2.18. The normalized spacial score (nSPS) is 11.3. The van der Waals surface area contributed by atoms with Crippen LogP contribution in [0.15, 0.2) is 91.0 Å². The van der Waals surface area contributed by atoms with Crippen molar-refractivity contribution >= 4 is 33.2 Å². The van der Waals surface area contributed by atoms with Gasteiger partial charge in [0.05, 0.1) is 9.52 Å². The van der Waals surface area contributed by atoms with Gasteiger partial charge in [0.25, 0.3) is 0 Å². The third-order valence-corrected chi connectivity index (χ3v) is 8.78. The Hall–Kier alpha value is -1.69. The highest BCUT2D eigenvalue weighted by Gasteiger charge is 2.12. The molecule has 0 bridgehead atoms. The van der Waals surface area contributed by atoms with E-state index in [1.165, 1.54) is 22.8 Å². The molecule has 22 heavy (non-hydrogen) atoms. The van der Waals surface area contributed by atoms with Gasteiger partial charge in [0.2, 0.25) is 0 Å². The summed E-state index contributed by atoms with van der Waals surface area (Å²) in [5, 5.41) is 4.59. The molecule has 0 saturated carbocycles. The molecule has 0 aliphatic rings. The molecule has 3 aromatic carbocycles. The second kappa shape index (κ2) is 8.08. The molecule has 3 aromatic rings. The minimum Gasteiger partial charge on any atom is -0.0669 e. The molecular weight excluding hydrogens is 299 g/mol. The Balaban J connectivity index is 1.72. The summed E-state index contributed by atoms with van der Waals surface area (Å²) in [6, 6.07) is 34.5. The van der Waals surface area contributed by atoms with Crippen LogP contribution in [0.3, 0.4) is 0 Å². The van der Waals surface area contributed by atoms with Gasteiger partial charge in [0.1, 0.15) is 0 Å². The van der Waals surface area contributed by atoms with Crippen molar-refractivity contribution in [3.8, 4) is 0 Å². The van der Waals surface area contributed by atoms with Crippen molar-refractivity contribution in [1.82, 2.24) is 0 Å². The first-order chi connectivity index (χ1) is 10.9. The Morgan fingerprint density at radius 3 is 1.55 bits per heavy atom. The van der Waals surface area contributed by atoms with Gasteiger partial charge in [-0.15, -0.1) is 0 Å². The van der Waals surface area contributed by atoms with Crippen molar-refractivity contribution in [2.75, 3.05) is 6.16 Å². The summed E-state index contributed by atoms with van der Waals surface area (Å²) in [5.74, 6) is 0. The third-order valence-electron chi connectivity index (χ3n) is 3.83. The summed E-state index contributed by atoms with van der Waals surface area (Å²) in [6.45, 7) is 0. The Morgan fingerprint density at radius 1 is 0.591 bits per heavy atom. The first-order valence-electron chi connectivity index (χ1n) is 7.85. The molecular formula is C20H21PSi. The van der Waals surface area contributed by atoms with Crippen LogP contribution in [-0.2, 0) is 0 Å². The quantitative estimate of drug-likeness (QED) is 0.484. The van der Waals surface area contributed by atoms with Crippen LogP contribution in [0.25, 0.3) is 0 Å². The highest BCUT2D eigenvalue weighted by Crippen LogP contribution is 2.34. The Morgan fingerprint density at radius 2 is 1.05 bits per heavy atom. The molecule has 0 atom stereocenters. The second-order valence-corrected chi connectivity index (χ2v) is 9.77. The van der Waals surface area contributed by atoms with Gasteiger partial charge in [-0.1, -0.05) is 102 Å². The van der Waals surface area contributed by atoms with E-state index in [2.05, 4.69) is 91.0 Å². The molecule has 0 N–H and O–H groups in total. The van der Waals surface area contributed by atoms with E-state index in [0.29, 0.717) is 0 Å². The molecule has 2 heteroatoms. The van der Waals surface area contributed by atoms with Crippen molar-refractivity contribution in [3.05, 3.63) is 91.0 Å². The van der Waals surface area contributed by atoms with Gasteiger partial charge >= 0.3 is 0 Å². The van der Waals surface area contributed by atoms with Gasteiger partial charge < -0.3 is 0 Å². The average Bonchev–Trinajstić information content (AvgIpc) is 2.61. The fourth-order valence-corrected chi connectivity index (χ4v) is 7.50. The molecule has 0 fully saturated rings. The molecule has 0 aliphatic heterocycles. The molecule has 0 amide bonds. The standard InChI is InChI=1S/C20H21PSi/c1-4-10-18(11-5-1)21(19-12-6-2-7-13-19)16-17-22-20-14-8-3-9-15-20/h1-15H,16-17,22H2. The topological polar surface area (TPSA) is 0 Å². The van der Waals surface area contributed by atoms with Crippen molar-refractivity contribution in [3.63, 3.8) is 0 Å². The minimum atomic E-state index is -0.212. The molecule has 0 unspecified atom stereocenters. The maximum atomic E-state index is 2.29.